The summed E-state index contributed by atoms with van der Waals surface area (Å²) < 4.78 is 28.5. The molecule has 3 aromatic rings. The highest BCUT2D eigenvalue weighted by Crippen LogP contribution is 2.38. The van der Waals surface area contributed by atoms with Gasteiger partial charge in [0.2, 0.25) is 0 Å². The molecule has 1 N–H and O–H groups in total. The molecule has 4 nitrogen and oxygen atoms in total. The number of imidazole rings is 1. The number of rotatable bonds is 4. The van der Waals surface area contributed by atoms with Crippen molar-refractivity contribution in [2.24, 2.45) is 11.3 Å². The van der Waals surface area contributed by atoms with Crippen LogP contribution in [0.1, 0.15) is 50.5 Å². The normalized spacial score (nSPS) is 20.4. The Bertz CT molecular complexity index is 1090. The van der Waals surface area contributed by atoms with Crippen LogP contribution in [0.15, 0.2) is 55.0 Å². The van der Waals surface area contributed by atoms with Crippen LogP contribution >= 0.6 is 0 Å². The Balaban J connectivity index is 1.52. The Morgan fingerprint density at radius 3 is 2.45 bits per heavy atom. The third kappa shape index (κ3) is 4.68. The van der Waals surface area contributed by atoms with E-state index in [0.29, 0.717) is 17.2 Å². The molecule has 6 heteroatoms. The van der Waals surface area contributed by atoms with Crippen molar-refractivity contribution in [2.75, 3.05) is 0 Å². The van der Waals surface area contributed by atoms with E-state index in [1.54, 1.807) is 17.1 Å². The van der Waals surface area contributed by atoms with Crippen LogP contribution in [0.4, 0.5) is 8.78 Å². The van der Waals surface area contributed by atoms with Crippen LogP contribution in [-0.2, 0) is 0 Å². The molecule has 0 spiro atoms. The smallest absolute Gasteiger partial charge is 0.270 e. The maximum atomic E-state index is 13.5. The van der Waals surface area contributed by atoms with Gasteiger partial charge in [0.25, 0.3) is 5.91 Å². The molecular formula is C25H27F2N3O. The topological polar surface area (TPSA) is 46.9 Å². The molecule has 2 atom stereocenters. The first-order valence-electron chi connectivity index (χ1n) is 10.6. The lowest BCUT2D eigenvalue weighted by atomic mass is 9.70. The minimum Gasteiger partial charge on any atom is -0.348 e. The molecule has 1 aliphatic carbocycles. The molecule has 1 fully saturated rings. The number of amides is 1. The molecule has 4 rings (SSSR count). The van der Waals surface area contributed by atoms with Crippen molar-refractivity contribution in [3.8, 4) is 16.8 Å². The van der Waals surface area contributed by atoms with Crippen LogP contribution in [0.3, 0.4) is 0 Å². The molecule has 1 aliphatic rings. The number of carbonyl (C=O) groups is 1. The van der Waals surface area contributed by atoms with E-state index in [4.69, 9.17) is 0 Å². The second-order valence-corrected chi connectivity index (χ2v) is 9.41. The van der Waals surface area contributed by atoms with Crippen molar-refractivity contribution in [2.45, 2.75) is 46.1 Å². The number of nitrogens with zero attached hydrogens (tertiary/aromatic N) is 2. The molecule has 0 aliphatic heterocycles. The SMILES string of the molecule is C[C@@H]1C[C@H](NC(=O)c2cncn2-c2ccc(-c3ccc(F)c(F)c3)cc2)CC(C)(C)C1. The van der Waals surface area contributed by atoms with Crippen LogP contribution in [0.2, 0.25) is 0 Å². The van der Waals surface area contributed by atoms with E-state index in [-0.39, 0.29) is 17.4 Å². The van der Waals surface area contributed by atoms with E-state index in [2.05, 4.69) is 31.1 Å². The molecule has 162 valence electrons. The Labute approximate surface area is 181 Å². The zero-order chi connectivity index (χ0) is 22.2. The zero-order valence-corrected chi connectivity index (χ0v) is 18.0. The van der Waals surface area contributed by atoms with Crippen LogP contribution < -0.4 is 5.32 Å². The van der Waals surface area contributed by atoms with E-state index in [0.717, 1.165) is 30.2 Å². The van der Waals surface area contributed by atoms with Crippen LogP contribution in [0.25, 0.3) is 16.8 Å². The lowest BCUT2D eigenvalue weighted by Crippen LogP contribution is -2.43. The lowest BCUT2D eigenvalue weighted by Gasteiger charge is -2.39. The minimum absolute atomic E-state index is 0.142. The van der Waals surface area contributed by atoms with Gasteiger partial charge in [0, 0.05) is 11.7 Å². The van der Waals surface area contributed by atoms with Crippen molar-refractivity contribution < 1.29 is 13.6 Å². The van der Waals surface area contributed by atoms with Gasteiger partial charge in [-0.3, -0.25) is 9.36 Å². The summed E-state index contributed by atoms with van der Waals surface area (Å²) in [5.74, 6) is -1.32. The van der Waals surface area contributed by atoms with Gasteiger partial charge in [-0.25, -0.2) is 13.8 Å². The lowest BCUT2D eigenvalue weighted by molar-refractivity contribution is 0.0867. The fourth-order valence-corrected chi connectivity index (χ4v) is 4.87. The van der Waals surface area contributed by atoms with Crippen LogP contribution in [0, 0.1) is 23.0 Å². The predicted molar refractivity (Wildman–Crippen MR) is 117 cm³/mol. The molecule has 0 radical (unpaired) electrons. The number of nitrogens with one attached hydrogen (secondary N) is 1. The molecule has 1 aromatic heterocycles. The van der Waals surface area contributed by atoms with E-state index in [1.807, 2.05) is 24.3 Å². The molecular weight excluding hydrogens is 396 g/mol. The zero-order valence-electron chi connectivity index (χ0n) is 18.0. The summed E-state index contributed by atoms with van der Waals surface area (Å²) >= 11 is 0. The Hall–Kier alpha value is -3.02. The summed E-state index contributed by atoms with van der Waals surface area (Å²) in [6.45, 7) is 6.74. The second-order valence-electron chi connectivity index (χ2n) is 9.41. The van der Waals surface area contributed by atoms with Crippen molar-refractivity contribution in [1.29, 1.82) is 0 Å². The number of hydrogen-bond acceptors (Lipinski definition) is 2. The van der Waals surface area contributed by atoms with E-state index >= 15 is 0 Å². The molecule has 31 heavy (non-hydrogen) atoms. The molecule has 2 aromatic carbocycles. The summed E-state index contributed by atoms with van der Waals surface area (Å²) in [6, 6.07) is 11.3. The van der Waals surface area contributed by atoms with Gasteiger partial charge in [-0.15, -0.1) is 0 Å². The summed E-state index contributed by atoms with van der Waals surface area (Å²) in [5.41, 5.74) is 2.80. The largest absolute Gasteiger partial charge is 0.348 e. The standard InChI is InChI=1S/C25H27F2N3O/c1-16-10-19(13-25(2,3)12-16)29-24(31)23-14-28-15-30(23)20-7-4-17(5-8-20)18-6-9-21(26)22(27)11-18/h4-9,11,14-16,19H,10,12-13H2,1-3H3,(H,29,31)/t16-,19+/m1/s1. The first kappa shape index (κ1) is 21.2. The number of carbonyl (C=O) groups excluding carboxylic acids is 1. The van der Waals surface area contributed by atoms with Crippen molar-refractivity contribution in [1.82, 2.24) is 14.9 Å². The molecule has 1 heterocycles. The molecule has 1 saturated carbocycles. The quantitative estimate of drug-likeness (QED) is 0.580. The maximum absolute atomic E-state index is 13.5. The van der Waals surface area contributed by atoms with E-state index < -0.39 is 11.6 Å². The van der Waals surface area contributed by atoms with Gasteiger partial charge < -0.3 is 5.32 Å². The van der Waals surface area contributed by atoms with E-state index in [9.17, 15) is 13.6 Å². The first-order chi connectivity index (χ1) is 14.7. The second kappa shape index (κ2) is 8.25. The highest BCUT2D eigenvalue weighted by molar-refractivity contribution is 5.93. The highest BCUT2D eigenvalue weighted by atomic mass is 19.2. The molecule has 0 bridgehead atoms. The third-order valence-electron chi connectivity index (χ3n) is 5.99. The summed E-state index contributed by atoms with van der Waals surface area (Å²) in [5, 5.41) is 3.19. The first-order valence-corrected chi connectivity index (χ1v) is 10.6. The number of benzene rings is 2. The molecule has 0 unspecified atom stereocenters. The molecule has 0 saturated heterocycles. The number of aromatic nitrogens is 2. The number of hydrogen-bond donors (Lipinski definition) is 1. The fourth-order valence-electron chi connectivity index (χ4n) is 4.87. The fraction of sp³-hybridized carbons (Fsp3) is 0.360. The Morgan fingerprint density at radius 2 is 1.77 bits per heavy atom. The van der Waals surface area contributed by atoms with Gasteiger partial charge in [0.15, 0.2) is 11.6 Å². The van der Waals surface area contributed by atoms with Crippen molar-refractivity contribution >= 4 is 5.91 Å². The maximum Gasteiger partial charge on any atom is 0.270 e. The Morgan fingerprint density at radius 1 is 1.06 bits per heavy atom. The van der Waals surface area contributed by atoms with Gasteiger partial charge in [-0.2, -0.15) is 0 Å². The van der Waals surface area contributed by atoms with E-state index in [1.165, 1.54) is 18.6 Å². The highest BCUT2D eigenvalue weighted by Gasteiger charge is 2.33. The third-order valence-corrected chi connectivity index (χ3v) is 5.99. The monoisotopic (exact) mass is 423 g/mol. The number of halogens is 2. The van der Waals surface area contributed by atoms with Gasteiger partial charge in [-0.05, 0) is 66.0 Å². The van der Waals surface area contributed by atoms with Crippen LogP contribution in [-0.4, -0.2) is 21.5 Å². The van der Waals surface area contributed by atoms with Crippen molar-refractivity contribution in [3.05, 3.63) is 72.3 Å². The summed E-state index contributed by atoms with van der Waals surface area (Å²) in [4.78, 5) is 17.2. The van der Waals surface area contributed by atoms with Crippen LogP contribution in [0.5, 0.6) is 0 Å². The summed E-state index contributed by atoms with van der Waals surface area (Å²) in [7, 11) is 0. The minimum atomic E-state index is -0.879. The summed E-state index contributed by atoms with van der Waals surface area (Å²) in [6.07, 6.45) is 6.28. The van der Waals surface area contributed by atoms with Gasteiger partial charge in [-0.1, -0.05) is 39.0 Å². The van der Waals surface area contributed by atoms with Gasteiger partial charge >= 0.3 is 0 Å². The van der Waals surface area contributed by atoms with Gasteiger partial charge in [0.1, 0.15) is 5.69 Å². The predicted octanol–water partition coefficient (Wildman–Crippen LogP) is 5.76. The Kier molecular flexibility index (Phi) is 5.65. The average Bonchev–Trinajstić information content (AvgIpc) is 3.19. The molecule has 1 amide bonds. The van der Waals surface area contributed by atoms with Gasteiger partial charge in [0.05, 0.1) is 12.5 Å². The average molecular weight is 424 g/mol. The van der Waals surface area contributed by atoms with Crippen molar-refractivity contribution in [3.63, 3.8) is 0 Å².